The van der Waals surface area contributed by atoms with Crippen LogP contribution in [0.3, 0.4) is 0 Å². The number of nitrogens with one attached hydrogen (secondary N) is 1. The molecule has 0 aliphatic carbocycles. The summed E-state index contributed by atoms with van der Waals surface area (Å²) in [6.45, 7) is 0. The summed E-state index contributed by atoms with van der Waals surface area (Å²) < 4.78 is 200. The predicted octanol–water partition coefficient (Wildman–Crippen LogP) is 5.36. The standard InChI is InChI=1S/C17H7F15N2O2/c18-11(19,8-6-9(35)34(10(36)33-8)7-4-2-1-3-5-7)12(20,21)13(22,23)14(24,25)15(26,27)16(28,29)17(30,31)32/h1-6H,(H,33,36). The third kappa shape index (κ3) is 3.82. The Balaban J connectivity index is 2.69. The van der Waals surface area contributed by atoms with Crippen molar-refractivity contribution in [2.75, 3.05) is 0 Å². The fraction of sp³-hybridized carbons (Fsp3) is 0.412. The number of nitrogens with zero attached hydrogens (tertiary/aromatic N) is 1. The van der Waals surface area contributed by atoms with Crippen LogP contribution in [0.2, 0.25) is 0 Å². The maximum atomic E-state index is 14.2. The van der Waals surface area contributed by atoms with Gasteiger partial charge in [-0.05, 0) is 12.1 Å². The third-order valence-electron chi connectivity index (χ3n) is 4.61. The van der Waals surface area contributed by atoms with Crippen molar-refractivity contribution in [3.8, 4) is 5.69 Å². The van der Waals surface area contributed by atoms with E-state index in [0.717, 1.165) is 29.2 Å². The fourth-order valence-electron chi connectivity index (χ4n) is 2.62. The fourth-order valence-corrected chi connectivity index (χ4v) is 2.62. The second-order valence-electron chi connectivity index (χ2n) is 6.94. The van der Waals surface area contributed by atoms with E-state index < -0.39 is 70.4 Å². The summed E-state index contributed by atoms with van der Waals surface area (Å²) in [7, 11) is 0. The molecule has 2 rings (SSSR count). The summed E-state index contributed by atoms with van der Waals surface area (Å²) in [6.07, 6.45) is -7.72. The molecule has 0 bridgehead atoms. The van der Waals surface area contributed by atoms with E-state index in [2.05, 4.69) is 0 Å². The van der Waals surface area contributed by atoms with Crippen molar-refractivity contribution in [3.05, 3.63) is 62.9 Å². The van der Waals surface area contributed by atoms with Crippen molar-refractivity contribution in [2.24, 2.45) is 0 Å². The SMILES string of the molecule is O=c1cc(C(F)(F)C(F)(F)C(F)(F)C(F)(F)C(F)(F)C(F)(F)C(F)(F)F)[nH]c(=O)n1-c1ccccc1. The molecule has 0 saturated heterocycles. The summed E-state index contributed by atoms with van der Waals surface area (Å²) in [6, 6.07) is 4.88. The second-order valence-corrected chi connectivity index (χ2v) is 6.94. The minimum absolute atomic E-state index is 0.0531. The highest BCUT2D eigenvalue weighted by atomic mass is 19.4. The molecule has 0 fully saturated rings. The summed E-state index contributed by atoms with van der Waals surface area (Å²) in [5, 5.41) is 0. The van der Waals surface area contributed by atoms with Crippen LogP contribution in [0, 0.1) is 0 Å². The molecule has 0 unspecified atom stereocenters. The molecule has 0 atom stereocenters. The number of alkyl halides is 15. The molecule has 0 saturated carbocycles. The Bertz CT molecular complexity index is 1200. The number of rotatable bonds is 7. The molecule has 2 aromatic rings. The van der Waals surface area contributed by atoms with Crippen LogP contribution in [-0.4, -0.2) is 45.3 Å². The van der Waals surface area contributed by atoms with Crippen LogP contribution in [0.1, 0.15) is 5.69 Å². The Morgan fingerprint density at radius 2 is 1.00 bits per heavy atom. The lowest BCUT2D eigenvalue weighted by Gasteiger charge is -2.41. The molecule has 1 aromatic carbocycles. The molecule has 4 nitrogen and oxygen atoms in total. The second kappa shape index (κ2) is 8.19. The van der Waals surface area contributed by atoms with Gasteiger partial charge in [0.1, 0.15) is 5.69 Å². The monoisotopic (exact) mass is 556 g/mol. The minimum Gasteiger partial charge on any atom is -0.305 e. The largest absolute Gasteiger partial charge is 0.460 e. The van der Waals surface area contributed by atoms with Gasteiger partial charge in [0, 0.05) is 6.07 Å². The van der Waals surface area contributed by atoms with E-state index >= 15 is 0 Å². The van der Waals surface area contributed by atoms with Gasteiger partial charge in [0.15, 0.2) is 0 Å². The zero-order valence-corrected chi connectivity index (χ0v) is 16.4. The molecule has 19 heteroatoms. The molecule has 0 amide bonds. The van der Waals surface area contributed by atoms with E-state index in [0.29, 0.717) is 0 Å². The molecule has 0 spiro atoms. The molecule has 1 heterocycles. The molecule has 0 radical (unpaired) electrons. The number of halogens is 15. The summed E-state index contributed by atoms with van der Waals surface area (Å²) in [5.41, 5.74) is -7.34. The first-order chi connectivity index (χ1) is 15.9. The minimum atomic E-state index is -8.48. The van der Waals surface area contributed by atoms with E-state index in [1.807, 2.05) is 0 Å². The maximum absolute atomic E-state index is 14.2. The number of para-hydroxylation sites is 1. The Morgan fingerprint density at radius 3 is 1.42 bits per heavy atom. The topological polar surface area (TPSA) is 54.9 Å². The van der Waals surface area contributed by atoms with Crippen molar-refractivity contribution in [1.29, 1.82) is 0 Å². The molecule has 36 heavy (non-hydrogen) atoms. The van der Waals surface area contributed by atoms with Gasteiger partial charge >= 0.3 is 47.4 Å². The molecule has 202 valence electrons. The predicted molar refractivity (Wildman–Crippen MR) is 87.3 cm³/mol. The van der Waals surface area contributed by atoms with E-state index in [1.165, 1.54) is 6.07 Å². The first-order valence-electron chi connectivity index (χ1n) is 8.65. The van der Waals surface area contributed by atoms with Crippen LogP contribution < -0.4 is 11.2 Å². The molecule has 1 aromatic heterocycles. The van der Waals surface area contributed by atoms with Gasteiger partial charge in [0.25, 0.3) is 5.56 Å². The lowest BCUT2D eigenvalue weighted by molar-refractivity contribution is -0.454. The van der Waals surface area contributed by atoms with E-state index in [4.69, 9.17) is 0 Å². The van der Waals surface area contributed by atoms with Crippen LogP contribution in [0.5, 0.6) is 0 Å². The van der Waals surface area contributed by atoms with Gasteiger partial charge < -0.3 is 4.98 Å². The van der Waals surface area contributed by atoms with Crippen molar-refractivity contribution < 1.29 is 65.9 Å². The van der Waals surface area contributed by atoms with Gasteiger partial charge in [-0.25, -0.2) is 9.36 Å². The highest BCUT2D eigenvalue weighted by Crippen LogP contribution is 2.63. The Labute approximate surface area is 186 Å². The molecule has 0 aliphatic heterocycles. The van der Waals surface area contributed by atoms with E-state index in [9.17, 15) is 75.4 Å². The van der Waals surface area contributed by atoms with Crippen molar-refractivity contribution in [2.45, 2.75) is 41.7 Å². The summed E-state index contributed by atoms with van der Waals surface area (Å²) in [5.74, 6) is -48.1. The van der Waals surface area contributed by atoms with Crippen LogP contribution in [0.15, 0.2) is 46.0 Å². The van der Waals surface area contributed by atoms with Gasteiger partial charge in [0.05, 0.1) is 5.69 Å². The average Bonchev–Trinajstić information content (AvgIpc) is 2.72. The number of aromatic amines is 1. The van der Waals surface area contributed by atoms with Crippen LogP contribution in [0.25, 0.3) is 5.69 Å². The quantitative estimate of drug-likeness (QED) is 0.468. The zero-order chi connectivity index (χ0) is 28.3. The molecule has 0 aliphatic rings. The van der Waals surface area contributed by atoms with Gasteiger partial charge in [-0.15, -0.1) is 0 Å². The molecular weight excluding hydrogens is 549 g/mol. The third-order valence-corrected chi connectivity index (χ3v) is 4.61. The van der Waals surface area contributed by atoms with Crippen molar-refractivity contribution in [3.63, 3.8) is 0 Å². The molecular formula is C17H7F15N2O2. The van der Waals surface area contributed by atoms with Crippen molar-refractivity contribution in [1.82, 2.24) is 9.55 Å². The summed E-state index contributed by atoms with van der Waals surface area (Å²) in [4.78, 5) is 24.7. The van der Waals surface area contributed by atoms with Gasteiger partial charge in [-0.3, -0.25) is 4.79 Å². The molecule has 1 N–H and O–H groups in total. The lowest BCUT2D eigenvalue weighted by Crippen LogP contribution is -2.72. The Morgan fingerprint density at radius 1 is 0.583 bits per heavy atom. The van der Waals surface area contributed by atoms with Crippen molar-refractivity contribution >= 4 is 0 Å². The number of benzene rings is 1. The first-order valence-corrected chi connectivity index (χ1v) is 8.65. The van der Waals surface area contributed by atoms with Crippen LogP contribution in [-0.2, 0) is 5.92 Å². The van der Waals surface area contributed by atoms with Gasteiger partial charge in [-0.2, -0.15) is 65.9 Å². The highest BCUT2D eigenvalue weighted by molar-refractivity contribution is 5.31. The van der Waals surface area contributed by atoms with Crippen LogP contribution >= 0.6 is 0 Å². The Kier molecular flexibility index (Phi) is 6.61. The first kappa shape index (κ1) is 29.1. The highest BCUT2D eigenvalue weighted by Gasteiger charge is 2.93. The lowest BCUT2D eigenvalue weighted by atomic mass is 9.90. The van der Waals surface area contributed by atoms with Gasteiger partial charge in [0.2, 0.25) is 0 Å². The zero-order valence-electron chi connectivity index (χ0n) is 16.4. The number of H-pyrrole nitrogens is 1. The number of hydrogen-bond acceptors (Lipinski definition) is 2. The van der Waals surface area contributed by atoms with Crippen LogP contribution in [0.4, 0.5) is 65.9 Å². The smallest absolute Gasteiger partial charge is 0.305 e. The number of hydrogen-bond donors (Lipinski definition) is 1. The Hall–Kier alpha value is -3.15. The maximum Gasteiger partial charge on any atom is 0.460 e. The van der Waals surface area contributed by atoms with E-state index in [-0.39, 0.29) is 4.57 Å². The summed E-state index contributed by atoms with van der Waals surface area (Å²) >= 11 is 0. The van der Waals surface area contributed by atoms with E-state index in [1.54, 1.807) is 0 Å². The number of aromatic nitrogens is 2. The normalized spacial score (nSPS) is 14.8. The van der Waals surface area contributed by atoms with Gasteiger partial charge in [-0.1, -0.05) is 18.2 Å². The average molecular weight is 556 g/mol.